The average molecular weight is 385 g/mol. The summed E-state index contributed by atoms with van der Waals surface area (Å²) in [4.78, 5) is 10.3. The molecular weight excluding hydrogens is 348 g/mol. The summed E-state index contributed by atoms with van der Waals surface area (Å²) in [6, 6.07) is 8.90. The van der Waals surface area contributed by atoms with Crippen LogP contribution in [0.25, 0.3) is 0 Å². The molecule has 0 saturated heterocycles. The van der Waals surface area contributed by atoms with Gasteiger partial charge in [0.05, 0.1) is 25.3 Å². The van der Waals surface area contributed by atoms with Crippen LogP contribution in [0.3, 0.4) is 0 Å². The van der Waals surface area contributed by atoms with Crippen molar-refractivity contribution in [3.05, 3.63) is 29.8 Å². The van der Waals surface area contributed by atoms with Crippen LogP contribution in [0.1, 0.15) is 83.6 Å². The van der Waals surface area contributed by atoms with Gasteiger partial charge in [-0.05, 0) is 63.8 Å². The van der Waals surface area contributed by atoms with E-state index in [1.54, 1.807) is 7.11 Å². The zero-order valence-corrected chi connectivity index (χ0v) is 17.8. The van der Waals surface area contributed by atoms with E-state index in [4.69, 9.17) is 19.5 Å². The van der Waals surface area contributed by atoms with Gasteiger partial charge in [0.25, 0.3) is 0 Å². The molecule has 3 rings (SSSR count). The fraction of sp³-hybridized carbons (Fsp3) is 0.667. The van der Waals surface area contributed by atoms with Crippen molar-refractivity contribution in [3.8, 4) is 5.75 Å². The highest BCUT2D eigenvalue weighted by Crippen LogP contribution is 2.24. The Morgan fingerprint density at radius 2 is 1.36 bits per heavy atom. The zero-order chi connectivity index (χ0) is 19.8. The Labute approximate surface area is 170 Å². The van der Waals surface area contributed by atoms with Crippen molar-refractivity contribution in [2.24, 2.45) is 9.98 Å². The SMILES string of the molecule is COc1ccc(C(=NC2CCCCC2)C(=NC2CCCCC2)OC(C)C)cc1. The Kier molecular flexibility index (Phi) is 7.93. The topological polar surface area (TPSA) is 43.2 Å². The third-order valence-electron chi connectivity index (χ3n) is 5.67. The van der Waals surface area contributed by atoms with E-state index < -0.39 is 0 Å². The van der Waals surface area contributed by atoms with Crippen LogP contribution in [0.2, 0.25) is 0 Å². The molecule has 2 fully saturated rings. The molecule has 2 aliphatic carbocycles. The van der Waals surface area contributed by atoms with Crippen molar-refractivity contribution in [2.75, 3.05) is 7.11 Å². The van der Waals surface area contributed by atoms with Crippen molar-refractivity contribution in [1.29, 1.82) is 0 Å². The number of ether oxygens (including phenoxy) is 2. The van der Waals surface area contributed by atoms with Gasteiger partial charge in [0, 0.05) is 5.56 Å². The summed E-state index contributed by atoms with van der Waals surface area (Å²) in [5.74, 6) is 1.59. The van der Waals surface area contributed by atoms with Crippen LogP contribution in [0, 0.1) is 0 Å². The van der Waals surface area contributed by atoms with Crippen LogP contribution in [-0.2, 0) is 4.74 Å². The Morgan fingerprint density at radius 1 is 0.821 bits per heavy atom. The molecule has 0 spiro atoms. The molecule has 0 aliphatic heterocycles. The molecule has 1 aromatic rings. The molecule has 0 aromatic heterocycles. The maximum Gasteiger partial charge on any atom is 0.235 e. The van der Waals surface area contributed by atoms with Crippen LogP contribution >= 0.6 is 0 Å². The minimum atomic E-state index is 0.0807. The van der Waals surface area contributed by atoms with Gasteiger partial charge in [0.15, 0.2) is 0 Å². The minimum absolute atomic E-state index is 0.0807. The fourth-order valence-corrected chi connectivity index (χ4v) is 4.14. The summed E-state index contributed by atoms with van der Waals surface area (Å²) in [6.45, 7) is 4.14. The van der Waals surface area contributed by atoms with Gasteiger partial charge in [-0.1, -0.05) is 38.5 Å². The highest BCUT2D eigenvalue weighted by Gasteiger charge is 2.22. The minimum Gasteiger partial charge on any atom is -0.497 e. The molecule has 0 bridgehead atoms. The monoisotopic (exact) mass is 384 g/mol. The first kappa shape index (κ1) is 20.9. The first-order valence-electron chi connectivity index (χ1n) is 11.1. The molecule has 2 saturated carbocycles. The molecule has 0 heterocycles. The van der Waals surface area contributed by atoms with Crippen molar-refractivity contribution in [2.45, 2.75) is 96.2 Å². The van der Waals surface area contributed by atoms with E-state index in [0.717, 1.165) is 48.6 Å². The summed E-state index contributed by atoms with van der Waals surface area (Å²) < 4.78 is 11.6. The molecular formula is C24H36N2O2. The van der Waals surface area contributed by atoms with Crippen LogP contribution in [-0.4, -0.2) is 36.9 Å². The van der Waals surface area contributed by atoms with Gasteiger partial charge in [0.1, 0.15) is 11.5 Å². The second kappa shape index (κ2) is 10.6. The van der Waals surface area contributed by atoms with E-state index >= 15 is 0 Å². The van der Waals surface area contributed by atoms with Crippen molar-refractivity contribution >= 4 is 11.6 Å². The van der Waals surface area contributed by atoms with Crippen LogP contribution in [0.4, 0.5) is 0 Å². The number of nitrogens with zero attached hydrogens (tertiary/aromatic N) is 2. The lowest BCUT2D eigenvalue weighted by atomic mass is 9.95. The Morgan fingerprint density at radius 3 is 1.86 bits per heavy atom. The third kappa shape index (κ3) is 6.08. The molecule has 2 aliphatic rings. The van der Waals surface area contributed by atoms with E-state index in [-0.39, 0.29) is 6.10 Å². The lowest BCUT2D eigenvalue weighted by Gasteiger charge is -2.23. The maximum absolute atomic E-state index is 6.26. The summed E-state index contributed by atoms with van der Waals surface area (Å²) in [5, 5.41) is 0. The molecule has 0 amide bonds. The van der Waals surface area contributed by atoms with E-state index in [9.17, 15) is 0 Å². The molecule has 0 radical (unpaired) electrons. The maximum atomic E-state index is 6.26. The standard InChI is InChI=1S/C24H36N2O2/c1-18(2)28-24(26-21-12-8-5-9-13-21)23(25-20-10-6-4-7-11-20)19-14-16-22(27-3)17-15-19/h14-18,20-21H,4-13H2,1-3H3. The Balaban J connectivity index is 1.96. The highest BCUT2D eigenvalue weighted by molar-refractivity contribution is 6.45. The number of aliphatic imine (C=N–C) groups is 2. The summed E-state index contributed by atoms with van der Waals surface area (Å²) in [6.07, 6.45) is 12.4. The lowest BCUT2D eigenvalue weighted by molar-refractivity contribution is 0.230. The molecule has 0 N–H and O–H groups in total. The molecule has 0 atom stereocenters. The van der Waals surface area contributed by atoms with E-state index in [1.807, 2.05) is 12.1 Å². The highest BCUT2D eigenvalue weighted by atomic mass is 16.5. The summed E-state index contributed by atoms with van der Waals surface area (Å²) in [7, 11) is 1.70. The largest absolute Gasteiger partial charge is 0.497 e. The predicted octanol–water partition coefficient (Wildman–Crippen LogP) is 5.97. The Hall–Kier alpha value is -1.84. The summed E-state index contributed by atoms with van der Waals surface area (Å²) in [5.41, 5.74) is 2.00. The predicted molar refractivity (Wildman–Crippen MR) is 117 cm³/mol. The molecule has 4 nitrogen and oxygen atoms in total. The second-order valence-electron chi connectivity index (χ2n) is 8.39. The molecule has 154 valence electrons. The quantitative estimate of drug-likeness (QED) is 0.448. The molecule has 4 heteroatoms. The summed E-state index contributed by atoms with van der Waals surface area (Å²) >= 11 is 0. The van der Waals surface area contributed by atoms with Gasteiger partial charge in [0.2, 0.25) is 5.90 Å². The van der Waals surface area contributed by atoms with Crippen molar-refractivity contribution in [1.82, 2.24) is 0 Å². The number of hydrogen-bond acceptors (Lipinski definition) is 4. The van der Waals surface area contributed by atoms with E-state index in [1.165, 1.54) is 38.5 Å². The van der Waals surface area contributed by atoms with Crippen LogP contribution in [0.15, 0.2) is 34.3 Å². The number of methoxy groups -OCH3 is 1. The van der Waals surface area contributed by atoms with Gasteiger partial charge < -0.3 is 9.47 Å². The van der Waals surface area contributed by atoms with Crippen molar-refractivity contribution in [3.63, 3.8) is 0 Å². The molecule has 0 unspecified atom stereocenters. The van der Waals surface area contributed by atoms with Gasteiger partial charge in [-0.15, -0.1) is 0 Å². The van der Waals surface area contributed by atoms with E-state index in [0.29, 0.717) is 12.1 Å². The van der Waals surface area contributed by atoms with Gasteiger partial charge in [-0.2, -0.15) is 0 Å². The first-order chi connectivity index (χ1) is 13.7. The average Bonchev–Trinajstić information content (AvgIpc) is 2.73. The molecule has 1 aromatic carbocycles. The van der Waals surface area contributed by atoms with Gasteiger partial charge in [-0.25, -0.2) is 4.99 Å². The Bertz CT molecular complexity index is 652. The van der Waals surface area contributed by atoms with Gasteiger partial charge in [-0.3, -0.25) is 4.99 Å². The zero-order valence-electron chi connectivity index (χ0n) is 17.8. The number of hydrogen-bond donors (Lipinski definition) is 0. The van der Waals surface area contributed by atoms with Crippen LogP contribution in [0.5, 0.6) is 5.75 Å². The van der Waals surface area contributed by atoms with E-state index in [2.05, 4.69) is 26.0 Å². The lowest BCUT2D eigenvalue weighted by Crippen LogP contribution is -2.27. The molecule has 28 heavy (non-hydrogen) atoms. The normalized spacial score (nSPS) is 20.4. The fourth-order valence-electron chi connectivity index (χ4n) is 4.14. The first-order valence-corrected chi connectivity index (χ1v) is 11.1. The van der Waals surface area contributed by atoms with Gasteiger partial charge >= 0.3 is 0 Å². The smallest absolute Gasteiger partial charge is 0.235 e. The number of benzene rings is 1. The third-order valence-corrected chi connectivity index (χ3v) is 5.67. The number of rotatable bonds is 6. The van der Waals surface area contributed by atoms with Crippen molar-refractivity contribution < 1.29 is 9.47 Å². The van der Waals surface area contributed by atoms with Crippen LogP contribution < -0.4 is 4.74 Å². The second-order valence-corrected chi connectivity index (χ2v) is 8.39.